The summed E-state index contributed by atoms with van der Waals surface area (Å²) in [6.45, 7) is 7.00. The van der Waals surface area contributed by atoms with Gasteiger partial charge in [0.05, 0.1) is 17.0 Å². The number of pyridine rings is 1. The van der Waals surface area contributed by atoms with Gasteiger partial charge in [-0.15, -0.1) is 0 Å². The minimum atomic E-state index is 0.246. The minimum Gasteiger partial charge on any atom is -0.388 e. The van der Waals surface area contributed by atoms with Crippen molar-refractivity contribution in [2.45, 2.75) is 26.8 Å². The van der Waals surface area contributed by atoms with Gasteiger partial charge < -0.3 is 5.73 Å². The molecule has 0 saturated carbocycles. The highest BCUT2D eigenvalue weighted by Crippen LogP contribution is 2.13. The lowest BCUT2D eigenvalue weighted by Gasteiger charge is -2.23. The van der Waals surface area contributed by atoms with Crippen molar-refractivity contribution >= 4 is 16.7 Å². The molecule has 2 aromatic rings. The molecule has 3 N–H and O–H groups in total. The molecular weight excluding hydrogens is 260 g/mol. The zero-order chi connectivity index (χ0) is 15.2. The van der Waals surface area contributed by atoms with Gasteiger partial charge in [0.25, 0.3) is 0 Å². The second kappa shape index (κ2) is 7.18. The predicted molar refractivity (Wildman–Crippen MR) is 88.4 cm³/mol. The number of hydrogen-bond acceptors (Lipinski definition) is 3. The third-order valence-electron chi connectivity index (χ3n) is 3.36. The Bertz CT molecular complexity index is 607. The van der Waals surface area contributed by atoms with Crippen molar-refractivity contribution in [2.75, 3.05) is 13.1 Å². The number of amidine groups is 1. The molecule has 0 aliphatic heterocycles. The summed E-state index contributed by atoms with van der Waals surface area (Å²) < 4.78 is 0. The third kappa shape index (κ3) is 4.83. The van der Waals surface area contributed by atoms with E-state index >= 15 is 0 Å². The van der Waals surface area contributed by atoms with Crippen molar-refractivity contribution in [3.63, 3.8) is 0 Å². The maximum Gasteiger partial charge on any atom is 0.0918 e. The first kappa shape index (κ1) is 15.4. The van der Waals surface area contributed by atoms with Crippen LogP contribution in [0.15, 0.2) is 36.4 Å². The quantitative estimate of drug-likeness (QED) is 0.606. The molecule has 4 heteroatoms. The van der Waals surface area contributed by atoms with Gasteiger partial charge in [-0.3, -0.25) is 15.3 Å². The molecule has 0 radical (unpaired) electrons. The van der Waals surface area contributed by atoms with E-state index in [1.54, 1.807) is 0 Å². The largest absolute Gasteiger partial charge is 0.388 e. The Balaban J connectivity index is 2.10. The predicted octanol–water partition coefficient (Wildman–Crippen LogP) is 3.02. The SMILES string of the molecule is CC(C)CN(CCC(=N)N)Cc1ccc2ccccc2n1. The van der Waals surface area contributed by atoms with Gasteiger partial charge in [0.1, 0.15) is 0 Å². The fraction of sp³-hybridized carbons (Fsp3) is 0.412. The van der Waals surface area contributed by atoms with Crippen LogP contribution in [0.5, 0.6) is 0 Å². The van der Waals surface area contributed by atoms with E-state index in [0.29, 0.717) is 12.3 Å². The van der Waals surface area contributed by atoms with Gasteiger partial charge in [0, 0.05) is 31.4 Å². The van der Waals surface area contributed by atoms with Crippen LogP contribution in [0.3, 0.4) is 0 Å². The molecule has 1 aromatic carbocycles. The van der Waals surface area contributed by atoms with Crippen LogP contribution in [0.25, 0.3) is 10.9 Å². The molecule has 0 atom stereocenters. The van der Waals surface area contributed by atoms with Gasteiger partial charge >= 0.3 is 0 Å². The molecule has 112 valence electrons. The van der Waals surface area contributed by atoms with E-state index in [1.807, 2.05) is 18.2 Å². The zero-order valence-electron chi connectivity index (χ0n) is 12.8. The maximum atomic E-state index is 7.39. The molecule has 1 aromatic heterocycles. The molecule has 0 bridgehead atoms. The Morgan fingerprint density at radius 1 is 1.24 bits per heavy atom. The molecule has 0 amide bonds. The van der Waals surface area contributed by atoms with Crippen molar-refractivity contribution < 1.29 is 0 Å². The first-order valence-electron chi connectivity index (χ1n) is 7.44. The summed E-state index contributed by atoms with van der Waals surface area (Å²) >= 11 is 0. The molecule has 0 aliphatic carbocycles. The number of nitrogens with two attached hydrogens (primary N) is 1. The number of aromatic nitrogens is 1. The monoisotopic (exact) mass is 284 g/mol. The summed E-state index contributed by atoms with van der Waals surface area (Å²) in [5, 5.41) is 8.56. The summed E-state index contributed by atoms with van der Waals surface area (Å²) in [5.74, 6) is 0.827. The maximum absolute atomic E-state index is 7.39. The molecule has 0 spiro atoms. The van der Waals surface area contributed by atoms with Crippen LogP contribution in [0.1, 0.15) is 26.0 Å². The second-order valence-corrected chi connectivity index (χ2v) is 5.90. The average molecular weight is 284 g/mol. The van der Waals surface area contributed by atoms with Crippen molar-refractivity contribution in [1.82, 2.24) is 9.88 Å². The van der Waals surface area contributed by atoms with Crippen LogP contribution >= 0.6 is 0 Å². The van der Waals surface area contributed by atoms with Crippen molar-refractivity contribution in [3.05, 3.63) is 42.1 Å². The highest BCUT2D eigenvalue weighted by Gasteiger charge is 2.10. The molecule has 4 nitrogen and oxygen atoms in total. The van der Waals surface area contributed by atoms with E-state index in [2.05, 4.69) is 36.9 Å². The molecule has 1 heterocycles. The Morgan fingerprint density at radius 2 is 2.00 bits per heavy atom. The van der Waals surface area contributed by atoms with Gasteiger partial charge in [-0.2, -0.15) is 0 Å². The average Bonchev–Trinajstić information content (AvgIpc) is 2.44. The van der Waals surface area contributed by atoms with E-state index in [0.717, 1.165) is 30.8 Å². The minimum absolute atomic E-state index is 0.246. The summed E-state index contributed by atoms with van der Waals surface area (Å²) in [7, 11) is 0. The van der Waals surface area contributed by atoms with E-state index in [9.17, 15) is 0 Å². The van der Waals surface area contributed by atoms with Crippen LogP contribution in [-0.4, -0.2) is 28.8 Å². The molecule has 0 fully saturated rings. The zero-order valence-corrected chi connectivity index (χ0v) is 12.8. The fourth-order valence-corrected chi connectivity index (χ4v) is 2.46. The van der Waals surface area contributed by atoms with Crippen molar-refractivity contribution in [1.29, 1.82) is 5.41 Å². The smallest absolute Gasteiger partial charge is 0.0918 e. The molecule has 0 saturated heterocycles. The number of para-hydroxylation sites is 1. The molecule has 2 rings (SSSR count). The van der Waals surface area contributed by atoms with Gasteiger partial charge in [-0.25, -0.2) is 0 Å². The van der Waals surface area contributed by atoms with Crippen LogP contribution in [0.2, 0.25) is 0 Å². The highest BCUT2D eigenvalue weighted by atomic mass is 15.1. The number of fused-ring (bicyclic) bond motifs is 1. The normalized spacial score (nSPS) is 11.4. The van der Waals surface area contributed by atoms with E-state index in [1.165, 1.54) is 5.39 Å². The van der Waals surface area contributed by atoms with E-state index in [-0.39, 0.29) is 5.84 Å². The van der Waals surface area contributed by atoms with Crippen LogP contribution in [0, 0.1) is 11.3 Å². The van der Waals surface area contributed by atoms with Gasteiger partial charge in [0.15, 0.2) is 0 Å². The number of benzene rings is 1. The lowest BCUT2D eigenvalue weighted by molar-refractivity contribution is 0.240. The number of hydrogen-bond donors (Lipinski definition) is 2. The summed E-state index contributed by atoms with van der Waals surface area (Å²) in [6.07, 6.45) is 0.611. The first-order chi connectivity index (χ1) is 10.0. The van der Waals surface area contributed by atoms with Crippen LogP contribution < -0.4 is 5.73 Å². The van der Waals surface area contributed by atoms with Crippen molar-refractivity contribution in [2.24, 2.45) is 11.7 Å². The summed E-state index contributed by atoms with van der Waals surface area (Å²) in [6, 6.07) is 12.4. The number of nitrogens with one attached hydrogen (secondary N) is 1. The van der Waals surface area contributed by atoms with Gasteiger partial charge in [-0.1, -0.05) is 38.1 Å². The number of rotatable bonds is 7. The lowest BCUT2D eigenvalue weighted by atomic mass is 10.1. The molecule has 0 aliphatic rings. The highest BCUT2D eigenvalue weighted by molar-refractivity contribution is 5.78. The second-order valence-electron chi connectivity index (χ2n) is 5.90. The first-order valence-corrected chi connectivity index (χ1v) is 7.44. The van der Waals surface area contributed by atoms with Crippen LogP contribution in [0.4, 0.5) is 0 Å². The third-order valence-corrected chi connectivity index (χ3v) is 3.36. The van der Waals surface area contributed by atoms with E-state index < -0.39 is 0 Å². The van der Waals surface area contributed by atoms with Gasteiger partial charge in [0.2, 0.25) is 0 Å². The Labute approximate surface area is 126 Å². The lowest BCUT2D eigenvalue weighted by Crippen LogP contribution is -2.31. The van der Waals surface area contributed by atoms with Crippen molar-refractivity contribution in [3.8, 4) is 0 Å². The Hall–Kier alpha value is -1.94. The van der Waals surface area contributed by atoms with E-state index in [4.69, 9.17) is 16.1 Å². The molecule has 0 unspecified atom stereocenters. The Morgan fingerprint density at radius 3 is 2.71 bits per heavy atom. The fourth-order valence-electron chi connectivity index (χ4n) is 2.46. The summed E-state index contributed by atoms with van der Waals surface area (Å²) in [5.41, 5.74) is 7.58. The van der Waals surface area contributed by atoms with Crippen LogP contribution in [-0.2, 0) is 6.54 Å². The molecule has 21 heavy (non-hydrogen) atoms. The number of nitrogens with zero attached hydrogens (tertiary/aromatic N) is 2. The topological polar surface area (TPSA) is 66.0 Å². The summed E-state index contributed by atoms with van der Waals surface area (Å²) in [4.78, 5) is 7.05. The Kier molecular flexibility index (Phi) is 5.28. The standard InChI is InChI=1S/C17H24N4/c1-13(2)11-21(10-9-17(18)19)12-15-8-7-14-5-3-4-6-16(14)20-15/h3-8,13H,9-12H2,1-2H3,(H3,18,19). The molecular formula is C17H24N4. The van der Waals surface area contributed by atoms with Gasteiger partial charge in [-0.05, 0) is 18.1 Å².